The molecular formula is C57H34N4S. The Morgan fingerprint density at radius 2 is 0.742 bits per heavy atom. The molecule has 0 aliphatic carbocycles. The van der Waals surface area contributed by atoms with E-state index in [0.29, 0.717) is 17.5 Å². The van der Waals surface area contributed by atoms with E-state index in [-0.39, 0.29) is 0 Å². The minimum Gasteiger partial charge on any atom is -0.309 e. The number of thiophene rings is 1. The number of aromatic nitrogens is 4. The Morgan fingerprint density at radius 3 is 1.45 bits per heavy atom. The van der Waals surface area contributed by atoms with Crippen LogP contribution < -0.4 is 0 Å². The summed E-state index contributed by atoms with van der Waals surface area (Å²) in [5, 5.41) is 12.4. The lowest BCUT2D eigenvalue weighted by molar-refractivity contribution is 1.07. The molecule has 0 atom stereocenters. The molecule has 4 nitrogen and oxygen atoms in total. The van der Waals surface area contributed by atoms with Crippen molar-refractivity contribution < 1.29 is 0 Å². The van der Waals surface area contributed by atoms with Gasteiger partial charge in [0.1, 0.15) is 0 Å². The van der Waals surface area contributed by atoms with Crippen molar-refractivity contribution in [1.82, 2.24) is 19.5 Å². The molecule has 0 aliphatic heterocycles. The van der Waals surface area contributed by atoms with Gasteiger partial charge in [0.15, 0.2) is 17.5 Å². The maximum atomic E-state index is 5.25. The van der Waals surface area contributed by atoms with Gasteiger partial charge in [0.2, 0.25) is 0 Å². The van der Waals surface area contributed by atoms with Gasteiger partial charge in [0.05, 0.1) is 11.0 Å². The Kier molecular flexibility index (Phi) is 7.74. The van der Waals surface area contributed by atoms with E-state index < -0.39 is 0 Å². The van der Waals surface area contributed by atoms with Gasteiger partial charge in [0, 0.05) is 53.3 Å². The number of rotatable bonds is 5. The zero-order valence-electron chi connectivity index (χ0n) is 33.3. The summed E-state index contributed by atoms with van der Waals surface area (Å²) in [5.41, 5.74) is 8.54. The van der Waals surface area contributed by atoms with Gasteiger partial charge in [-0.2, -0.15) is 0 Å². The van der Waals surface area contributed by atoms with Crippen LogP contribution in [0.4, 0.5) is 0 Å². The summed E-state index contributed by atoms with van der Waals surface area (Å²) in [6.07, 6.45) is 0. The van der Waals surface area contributed by atoms with Gasteiger partial charge in [-0.1, -0.05) is 146 Å². The van der Waals surface area contributed by atoms with Crippen LogP contribution >= 0.6 is 11.3 Å². The minimum absolute atomic E-state index is 0.634. The third-order valence-electron chi connectivity index (χ3n) is 12.4. The van der Waals surface area contributed by atoms with Crippen LogP contribution in [0.3, 0.4) is 0 Å². The zero-order chi connectivity index (χ0) is 40.7. The molecule has 5 heteroatoms. The van der Waals surface area contributed by atoms with Crippen LogP contribution in [0.5, 0.6) is 0 Å². The lowest BCUT2D eigenvalue weighted by Crippen LogP contribution is -2.00. The summed E-state index contributed by atoms with van der Waals surface area (Å²) in [5.74, 6) is 1.92. The molecule has 0 N–H and O–H groups in total. The Labute approximate surface area is 360 Å². The molecule has 13 aromatic rings. The Bertz CT molecular complexity index is 3880. The second-order valence-corrected chi connectivity index (χ2v) is 17.0. The molecule has 3 aromatic heterocycles. The van der Waals surface area contributed by atoms with Crippen molar-refractivity contribution in [3.63, 3.8) is 0 Å². The van der Waals surface area contributed by atoms with E-state index in [1.54, 1.807) is 0 Å². The van der Waals surface area contributed by atoms with Gasteiger partial charge in [-0.15, -0.1) is 11.3 Å². The number of hydrogen-bond donors (Lipinski definition) is 0. The quantitative estimate of drug-likeness (QED) is 0.163. The summed E-state index contributed by atoms with van der Waals surface area (Å²) in [7, 11) is 0. The van der Waals surface area contributed by atoms with Crippen molar-refractivity contribution in [3.8, 4) is 51.0 Å². The van der Waals surface area contributed by atoms with Gasteiger partial charge in [-0.3, -0.25) is 0 Å². The first-order valence-electron chi connectivity index (χ1n) is 20.9. The summed E-state index contributed by atoms with van der Waals surface area (Å²) in [6, 6.07) is 74.0. The number of hydrogen-bond acceptors (Lipinski definition) is 4. The predicted molar refractivity (Wildman–Crippen MR) is 261 cm³/mol. The van der Waals surface area contributed by atoms with Gasteiger partial charge >= 0.3 is 0 Å². The number of benzene rings is 10. The standard InChI is InChI=1S/C57H34N4S/c1-2-12-35(13-3-1)36-22-24-37(25-23-36)55-58-56(60-57(59-55)39-27-31-54-50(33-39)47-19-9-11-21-53(47)62-54)38-26-30-52-49(32-38)46-18-8-10-20-51(46)61(52)40-28-29-45-43-16-5-4-14-41(43)42-15-6-7-17-44(42)48(45)34-40/h1-34H. The molecule has 0 saturated heterocycles. The average molecular weight is 807 g/mol. The van der Waals surface area contributed by atoms with Crippen LogP contribution in [0.2, 0.25) is 0 Å². The van der Waals surface area contributed by atoms with E-state index in [1.165, 1.54) is 63.4 Å². The maximum absolute atomic E-state index is 5.25. The summed E-state index contributed by atoms with van der Waals surface area (Å²) in [6.45, 7) is 0. The van der Waals surface area contributed by atoms with Crippen molar-refractivity contribution in [3.05, 3.63) is 206 Å². The smallest absolute Gasteiger partial charge is 0.164 e. The van der Waals surface area contributed by atoms with E-state index in [9.17, 15) is 0 Å². The van der Waals surface area contributed by atoms with Gasteiger partial charge in [-0.05, 0) is 104 Å². The fourth-order valence-corrected chi connectivity index (χ4v) is 10.6. The Balaban J connectivity index is 0.994. The van der Waals surface area contributed by atoms with Crippen LogP contribution in [0.1, 0.15) is 0 Å². The molecule has 0 amide bonds. The molecule has 13 rings (SSSR count). The Hall–Kier alpha value is -7.99. The molecule has 0 spiro atoms. The second-order valence-electron chi connectivity index (χ2n) is 16.0. The first kappa shape index (κ1) is 34.8. The van der Waals surface area contributed by atoms with E-state index in [2.05, 4.69) is 205 Å². The minimum atomic E-state index is 0.634. The van der Waals surface area contributed by atoms with E-state index >= 15 is 0 Å². The second kappa shape index (κ2) is 13.8. The average Bonchev–Trinajstić information content (AvgIpc) is 3.89. The molecule has 10 aromatic carbocycles. The highest BCUT2D eigenvalue weighted by Crippen LogP contribution is 2.40. The maximum Gasteiger partial charge on any atom is 0.164 e. The number of fused-ring (bicyclic) bond motifs is 12. The van der Waals surface area contributed by atoms with Crippen molar-refractivity contribution in [2.24, 2.45) is 0 Å². The Morgan fingerprint density at radius 1 is 0.274 bits per heavy atom. The monoisotopic (exact) mass is 806 g/mol. The molecule has 0 bridgehead atoms. The molecule has 0 saturated carbocycles. The topological polar surface area (TPSA) is 43.6 Å². The molecule has 62 heavy (non-hydrogen) atoms. The summed E-state index contributed by atoms with van der Waals surface area (Å²) >= 11 is 1.81. The first-order chi connectivity index (χ1) is 30.7. The van der Waals surface area contributed by atoms with Crippen molar-refractivity contribution in [1.29, 1.82) is 0 Å². The third-order valence-corrected chi connectivity index (χ3v) is 13.6. The molecule has 0 fully saturated rings. The molecule has 0 aliphatic rings. The lowest BCUT2D eigenvalue weighted by Gasteiger charge is -2.14. The van der Waals surface area contributed by atoms with Gasteiger partial charge in [0.25, 0.3) is 0 Å². The van der Waals surface area contributed by atoms with Crippen LogP contribution in [0, 0.1) is 0 Å². The molecular weight excluding hydrogens is 773 g/mol. The van der Waals surface area contributed by atoms with Gasteiger partial charge < -0.3 is 4.57 Å². The summed E-state index contributed by atoms with van der Waals surface area (Å²) < 4.78 is 4.92. The summed E-state index contributed by atoms with van der Waals surface area (Å²) in [4.78, 5) is 15.6. The third kappa shape index (κ3) is 5.49. The normalized spacial score (nSPS) is 11.9. The van der Waals surface area contributed by atoms with E-state index in [1.807, 2.05) is 17.4 Å². The highest BCUT2D eigenvalue weighted by molar-refractivity contribution is 7.25. The zero-order valence-corrected chi connectivity index (χ0v) is 34.1. The molecule has 0 unspecified atom stereocenters. The van der Waals surface area contributed by atoms with Crippen molar-refractivity contribution >= 4 is 85.6 Å². The van der Waals surface area contributed by atoms with E-state index in [4.69, 9.17) is 15.0 Å². The number of nitrogens with zero attached hydrogens (tertiary/aromatic N) is 4. The van der Waals surface area contributed by atoms with Crippen LogP contribution in [-0.4, -0.2) is 19.5 Å². The van der Waals surface area contributed by atoms with Gasteiger partial charge in [-0.25, -0.2) is 15.0 Å². The highest BCUT2D eigenvalue weighted by Gasteiger charge is 2.19. The lowest BCUT2D eigenvalue weighted by atomic mass is 9.94. The molecule has 0 radical (unpaired) electrons. The SMILES string of the molecule is c1ccc(-c2ccc(-c3nc(-c4ccc5sc6ccccc6c5c4)nc(-c4ccc5c(c4)c4ccccc4n5-c4ccc5c6ccccc6c6ccccc6c5c4)n3)cc2)cc1. The largest absolute Gasteiger partial charge is 0.309 e. The van der Waals surface area contributed by atoms with E-state index in [0.717, 1.165) is 44.4 Å². The molecule has 288 valence electrons. The van der Waals surface area contributed by atoms with Crippen LogP contribution in [0.25, 0.3) is 125 Å². The molecule has 3 heterocycles. The fourth-order valence-electron chi connectivity index (χ4n) is 9.50. The van der Waals surface area contributed by atoms with Crippen LogP contribution in [0.15, 0.2) is 206 Å². The highest BCUT2D eigenvalue weighted by atomic mass is 32.1. The van der Waals surface area contributed by atoms with Crippen molar-refractivity contribution in [2.45, 2.75) is 0 Å². The predicted octanol–water partition coefficient (Wildman–Crippen LogP) is 15.5. The number of para-hydroxylation sites is 1. The first-order valence-corrected chi connectivity index (χ1v) is 21.7. The fraction of sp³-hybridized carbons (Fsp3) is 0. The van der Waals surface area contributed by atoms with Crippen LogP contribution in [-0.2, 0) is 0 Å². The van der Waals surface area contributed by atoms with Crippen molar-refractivity contribution in [2.75, 3.05) is 0 Å².